The molecule has 2 heterocycles. The summed E-state index contributed by atoms with van der Waals surface area (Å²) in [6, 6.07) is 6.20. The lowest BCUT2D eigenvalue weighted by Crippen LogP contribution is -2.55. The number of nitrogens with one attached hydrogen (secondary N) is 1. The molecule has 0 spiro atoms. The molecule has 3 amide bonds. The van der Waals surface area contributed by atoms with Crippen LogP contribution in [0.5, 0.6) is 5.75 Å². The Balaban J connectivity index is 1.64. The third-order valence-electron chi connectivity index (χ3n) is 4.24. The molecule has 1 aromatic carbocycles. The zero-order valence-corrected chi connectivity index (χ0v) is 16.2. The van der Waals surface area contributed by atoms with Crippen molar-refractivity contribution in [1.82, 2.24) is 14.8 Å². The average molecular weight is 424 g/mol. The lowest BCUT2D eigenvalue weighted by atomic mass is 10.1. The van der Waals surface area contributed by atoms with Crippen molar-refractivity contribution < 1.29 is 27.9 Å². The molecule has 2 aromatic rings. The zero-order valence-electron chi connectivity index (χ0n) is 15.4. The Kier molecular flexibility index (Phi) is 6.37. The summed E-state index contributed by atoms with van der Waals surface area (Å²) in [7, 11) is 0. The van der Waals surface area contributed by atoms with E-state index in [0.717, 1.165) is 11.3 Å². The Morgan fingerprint density at radius 3 is 2.66 bits per heavy atom. The maximum Gasteiger partial charge on any atom is 0.387 e. The summed E-state index contributed by atoms with van der Waals surface area (Å²) in [4.78, 5) is 43.0. The number of nitrogens with zero attached hydrogens (tertiary/aromatic N) is 3. The number of aromatic nitrogens is 1. The van der Waals surface area contributed by atoms with E-state index in [9.17, 15) is 23.2 Å². The van der Waals surface area contributed by atoms with E-state index < -0.39 is 24.3 Å². The van der Waals surface area contributed by atoms with E-state index in [-0.39, 0.29) is 24.0 Å². The van der Waals surface area contributed by atoms with Crippen LogP contribution in [0.2, 0.25) is 0 Å². The molecule has 1 aliphatic rings. The van der Waals surface area contributed by atoms with Gasteiger partial charge in [0.25, 0.3) is 0 Å². The Morgan fingerprint density at radius 2 is 1.93 bits per heavy atom. The van der Waals surface area contributed by atoms with Crippen LogP contribution in [0.25, 0.3) is 11.3 Å². The largest absolute Gasteiger partial charge is 0.434 e. The molecule has 0 radical (unpaired) electrons. The molecule has 0 bridgehead atoms. The van der Waals surface area contributed by atoms with E-state index in [0.29, 0.717) is 24.3 Å². The van der Waals surface area contributed by atoms with Gasteiger partial charge in [-0.1, -0.05) is 12.1 Å². The van der Waals surface area contributed by atoms with Crippen LogP contribution < -0.4 is 10.1 Å². The molecule has 1 N–H and O–H groups in total. The van der Waals surface area contributed by atoms with Gasteiger partial charge in [-0.25, -0.2) is 4.98 Å². The Morgan fingerprint density at radius 1 is 1.24 bits per heavy atom. The number of likely N-dealkylation sites (N-methyl/N-ethyl adjacent to an activating group) is 1. The lowest BCUT2D eigenvalue weighted by Gasteiger charge is -2.32. The van der Waals surface area contributed by atoms with Crippen molar-refractivity contribution in [2.45, 2.75) is 13.5 Å². The van der Waals surface area contributed by atoms with Crippen molar-refractivity contribution in [1.29, 1.82) is 0 Å². The third kappa shape index (κ3) is 4.86. The molecule has 8 nitrogen and oxygen atoms in total. The summed E-state index contributed by atoms with van der Waals surface area (Å²) < 4.78 is 29.6. The predicted molar refractivity (Wildman–Crippen MR) is 102 cm³/mol. The van der Waals surface area contributed by atoms with Crippen LogP contribution in [-0.2, 0) is 14.4 Å². The lowest BCUT2D eigenvalue weighted by molar-refractivity contribution is -0.156. The van der Waals surface area contributed by atoms with Gasteiger partial charge in [0.05, 0.1) is 5.69 Å². The first-order valence-electron chi connectivity index (χ1n) is 8.76. The number of rotatable bonds is 7. The van der Waals surface area contributed by atoms with Crippen LogP contribution in [0.3, 0.4) is 0 Å². The first-order chi connectivity index (χ1) is 13.9. The van der Waals surface area contributed by atoms with Gasteiger partial charge in [0, 0.05) is 30.6 Å². The number of ether oxygens (including phenoxy) is 1. The number of alkyl halides is 2. The minimum atomic E-state index is -2.97. The van der Waals surface area contributed by atoms with Gasteiger partial charge < -0.3 is 19.9 Å². The zero-order chi connectivity index (χ0) is 21.0. The molecule has 11 heteroatoms. The number of amides is 3. The van der Waals surface area contributed by atoms with Gasteiger partial charge >= 0.3 is 18.4 Å². The van der Waals surface area contributed by atoms with E-state index in [1.165, 1.54) is 15.9 Å². The number of hydrogen-bond donors (Lipinski definition) is 1. The minimum Gasteiger partial charge on any atom is -0.434 e. The Bertz CT molecular complexity index is 921. The second kappa shape index (κ2) is 8.95. The van der Waals surface area contributed by atoms with Crippen molar-refractivity contribution in [3.8, 4) is 17.0 Å². The number of benzene rings is 1. The van der Waals surface area contributed by atoms with Crippen LogP contribution in [0.4, 0.5) is 13.9 Å². The third-order valence-corrected chi connectivity index (χ3v) is 5.00. The fraction of sp³-hybridized carbons (Fsp3) is 0.333. The SMILES string of the molecule is CCN1CCN(CC(=O)Nc2nc(-c3ccccc3OC(F)F)cs2)C(=O)C1=O. The van der Waals surface area contributed by atoms with Gasteiger partial charge in [-0.2, -0.15) is 8.78 Å². The summed E-state index contributed by atoms with van der Waals surface area (Å²) in [5, 5.41) is 4.39. The number of hydrogen-bond acceptors (Lipinski definition) is 6. The number of piperazine rings is 1. The number of anilines is 1. The van der Waals surface area contributed by atoms with Gasteiger partial charge in [0.1, 0.15) is 12.3 Å². The number of thiazole rings is 1. The molecule has 154 valence electrons. The second-order valence-corrected chi connectivity index (χ2v) is 6.93. The highest BCUT2D eigenvalue weighted by molar-refractivity contribution is 7.14. The highest BCUT2D eigenvalue weighted by Gasteiger charge is 2.32. The number of para-hydroxylation sites is 1. The first kappa shape index (κ1) is 20.6. The van der Waals surface area contributed by atoms with Crippen LogP contribution in [0, 0.1) is 0 Å². The smallest absolute Gasteiger partial charge is 0.387 e. The van der Waals surface area contributed by atoms with Crippen LogP contribution in [0.1, 0.15) is 6.92 Å². The number of carbonyl (C=O) groups is 3. The summed E-state index contributed by atoms with van der Waals surface area (Å²) in [6.07, 6.45) is 0. The van der Waals surface area contributed by atoms with E-state index in [4.69, 9.17) is 0 Å². The molecule has 0 unspecified atom stereocenters. The van der Waals surface area contributed by atoms with Gasteiger partial charge in [-0.05, 0) is 19.1 Å². The monoisotopic (exact) mass is 424 g/mol. The van der Waals surface area contributed by atoms with Crippen LogP contribution in [-0.4, -0.2) is 65.3 Å². The van der Waals surface area contributed by atoms with Crippen molar-refractivity contribution in [2.24, 2.45) is 0 Å². The molecule has 0 atom stereocenters. The fourth-order valence-electron chi connectivity index (χ4n) is 2.83. The number of halogens is 2. The quantitative estimate of drug-likeness (QED) is 0.687. The predicted octanol–water partition coefficient (Wildman–Crippen LogP) is 2.04. The topological polar surface area (TPSA) is 91.8 Å². The van der Waals surface area contributed by atoms with Crippen molar-refractivity contribution >= 4 is 34.2 Å². The molecule has 1 aromatic heterocycles. The van der Waals surface area contributed by atoms with E-state index in [1.54, 1.807) is 30.5 Å². The van der Waals surface area contributed by atoms with Gasteiger partial charge in [-0.15, -0.1) is 11.3 Å². The highest BCUT2D eigenvalue weighted by Crippen LogP contribution is 2.32. The maximum atomic E-state index is 12.6. The molecular weight excluding hydrogens is 406 g/mol. The fourth-order valence-corrected chi connectivity index (χ4v) is 3.56. The first-order valence-corrected chi connectivity index (χ1v) is 9.64. The summed E-state index contributed by atoms with van der Waals surface area (Å²) in [6.45, 7) is -0.393. The van der Waals surface area contributed by atoms with Crippen molar-refractivity contribution in [3.05, 3.63) is 29.6 Å². The molecule has 1 fully saturated rings. The molecule has 1 aliphatic heterocycles. The Labute approximate surface area is 169 Å². The summed E-state index contributed by atoms with van der Waals surface area (Å²) >= 11 is 1.10. The minimum absolute atomic E-state index is 0.0245. The van der Waals surface area contributed by atoms with Crippen LogP contribution in [0.15, 0.2) is 29.6 Å². The Hall–Kier alpha value is -3.08. The van der Waals surface area contributed by atoms with E-state index in [1.807, 2.05) is 0 Å². The molecule has 3 rings (SSSR count). The molecule has 0 aliphatic carbocycles. The molecule has 29 heavy (non-hydrogen) atoms. The molecule has 0 saturated carbocycles. The normalized spacial score (nSPS) is 14.5. The van der Waals surface area contributed by atoms with Crippen molar-refractivity contribution in [2.75, 3.05) is 31.5 Å². The summed E-state index contributed by atoms with van der Waals surface area (Å²) in [5.74, 6) is -1.87. The number of carbonyl (C=O) groups excluding carboxylic acids is 3. The van der Waals surface area contributed by atoms with Crippen molar-refractivity contribution in [3.63, 3.8) is 0 Å². The van der Waals surface area contributed by atoms with E-state index >= 15 is 0 Å². The van der Waals surface area contributed by atoms with Crippen LogP contribution >= 0.6 is 11.3 Å². The molecule has 1 saturated heterocycles. The van der Waals surface area contributed by atoms with Gasteiger partial charge in [-0.3, -0.25) is 14.4 Å². The highest BCUT2D eigenvalue weighted by atomic mass is 32.1. The van der Waals surface area contributed by atoms with Gasteiger partial charge in [0.15, 0.2) is 5.13 Å². The van der Waals surface area contributed by atoms with E-state index in [2.05, 4.69) is 15.0 Å². The maximum absolute atomic E-state index is 12.6. The van der Waals surface area contributed by atoms with Gasteiger partial charge in [0.2, 0.25) is 5.91 Å². The average Bonchev–Trinajstić information content (AvgIpc) is 3.14. The standard InChI is InChI=1S/C18H18F2N4O4S/c1-2-23-7-8-24(16(27)15(23)26)9-14(25)22-18-21-12(10-29-18)11-5-3-4-6-13(11)28-17(19)20/h3-6,10,17H,2,7-9H2,1H3,(H,21,22,25). The summed E-state index contributed by atoms with van der Waals surface area (Å²) in [5.41, 5.74) is 0.727. The molecular formula is C18H18F2N4O4S. The second-order valence-electron chi connectivity index (χ2n) is 6.07.